The lowest BCUT2D eigenvalue weighted by atomic mass is 9.93. The van der Waals surface area contributed by atoms with Crippen molar-refractivity contribution in [2.75, 3.05) is 4.90 Å². The van der Waals surface area contributed by atoms with Crippen LogP contribution in [0.5, 0.6) is 0 Å². The van der Waals surface area contributed by atoms with Gasteiger partial charge < -0.3 is 4.90 Å². The predicted octanol–water partition coefficient (Wildman–Crippen LogP) is 15.3. The van der Waals surface area contributed by atoms with Crippen molar-refractivity contribution in [3.63, 3.8) is 0 Å². The molecule has 0 saturated carbocycles. The lowest BCUT2D eigenvalue weighted by Crippen LogP contribution is -2.09. The van der Waals surface area contributed by atoms with Gasteiger partial charge in [-0.05, 0) is 125 Å². The van der Waals surface area contributed by atoms with E-state index in [0.717, 1.165) is 17.1 Å². The first-order valence-electron chi connectivity index (χ1n) is 18.9. The van der Waals surface area contributed by atoms with Gasteiger partial charge >= 0.3 is 0 Å². The normalized spacial score (nSPS) is 11.3. The van der Waals surface area contributed by atoms with Gasteiger partial charge in [0, 0.05) is 17.1 Å². The van der Waals surface area contributed by atoms with E-state index in [1.807, 2.05) is 0 Å². The zero-order valence-corrected chi connectivity index (χ0v) is 30.3. The summed E-state index contributed by atoms with van der Waals surface area (Å²) in [6.45, 7) is 0. The third-order valence-electron chi connectivity index (χ3n) is 10.9. The molecule has 0 unspecified atom stereocenters. The number of rotatable bonds is 7. The minimum absolute atomic E-state index is 1.10. The summed E-state index contributed by atoms with van der Waals surface area (Å²) >= 11 is 0. The number of fused-ring (bicyclic) bond motifs is 4. The Labute approximate surface area is 322 Å². The quantitative estimate of drug-likeness (QED) is 0.150. The molecule has 0 N–H and O–H groups in total. The Morgan fingerprint density at radius 2 is 0.673 bits per heavy atom. The van der Waals surface area contributed by atoms with Crippen LogP contribution in [0, 0.1) is 0 Å². The van der Waals surface area contributed by atoms with E-state index < -0.39 is 0 Å². The van der Waals surface area contributed by atoms with Crippen LogP contribution in [0.25, 0.3) is 76.8 Å². The standard InChI is InChI=1S/C54H37N/c1-2-12-38(13-3-1)39-24-30-46(31-25-39)55(48-34-28-42(29-35-48)54-37-45-15-5-7-20-51(45)52-21-8-9-22-53(52)54)47-32-26-40(27-33-47)43-17-10-18-44(36-43)50-23-11-16-41-14-4-6-19-49(41)50/h1-37H. The maximum atomic E-state index is 2.35. The van der Waals surface area contributed by atoms with Crippen molar-refractivity contribution >= 4 is 49.4 Å². The number of benzene rings is 10. The first-order valence-corrected chi connectivity index (χ1v) is 18.9. The molecule has 0 aliphatic rings. The minimum Gasteiger partial charge on any atom is -0.311 e. The number of nitrogens with zero attached hydrogens (tertiary/aromatic N) is 1. The molecule has 0 fully saturated rings. The van der Waals surface area contributed by atoms with Crippen LogP contribution in [-0.2, 0) is 0 Å². The molecular weight excluding hydrogens is 663 g/mol. The van der Waals surface area contributed by atoms with Gasteiger partial charge in [-0.2, -0.15) is 0 Å². The summed E-state index contributed by atoms with van der Waals surface area (Å²) in [5.41, 5.74) is 13.0. The second-order valence-corrected chi connectivity index (χ2v) is 14.1. The van der Waals surface area contributed by atoms with Crippen molar-refractivity contribution in [1.29, 1.82) is 0 Å². The third kappa shape index (κ3) is 6.12. The van der Waals surface area contributed by atoms with Crippen LogP contribution in [-0.4, -0.2) is 0 Å². The van der Waals surface area contributed by atoms with Gasteiger partial charge in [-0.1, -0.05) is 176 Å². The van der Waals surface area contributed by atoms with Crippen molar-refractivity contribution in [2.45, 2.75) is 0 Å². The molecule has 258 valence electrons. The summed E-state index contributed by atoms with van der Waals surface area (Å²) in [5.74, 6) is 0. The fourth-order valence-electron chi connectivity index (χ4n) is 8.11. The Hall–Kier alpha value is -7.22. The fraction of sp³-hybridized carbons (Fsp3) is 0. The topological polar surface area (TPSA) is 3.24 Å². The van der Waals surface area contributed by atoms with E-state index in [1.165, 1.54) is 76.8 Å². The highest BCUT2D eigenvalue weighted by Gasteiger charge is 2.15. The smallest absolute Gasteiger partial charge is 0.0462 e. The second-order valence-electron chi connectivity index (χ2n) is 14.1. The minimum atomic E-state index is 1.10. The van der Waals surface area contributed by atoms with Gasteiger partial charge in [-0.15, -0.1) is 0 Å². The molecule has 0 aromatic heterocycles. The summed E-state index contributed by atoms with van der Waals surface area (Å²) in [6, 6.07) is 81.4. The van der Waals surface area contributed by atoms with Gasteiger partial charge in [0.2, 0.25) is 0 Å². The van der Waals surface area contributed by atoms with E-state index in [9.17, 15) is 0 Å². The Balaban J connectivity index is 1.03. The summed E-state index contributed by atoms with van der Waals surface area (Å²) in [6.07, 6.45) is 0. The van der Waals surface area contributed by atoms with E-state index in [0.29, 0.717) is 0 Å². The molecule has 0 saturated heterocycles. The molecule has 1 nitrogen and oxygen atoms in total. The predicted molar refractivity (Wildman–Crippen MR) is 235 cm³/mol. The number of hydrogen-bond donors (Lipinski definition) is 0. The van der Waals surface area contributed by atoms with Gasteiger partial charge in [0.25, 0.3) is 0 Å². The van der Waals surface area contributed by atoms with E-state index in [4.69, 9.17) is 0 Å². The Kier molecular flexibility index (Phi) is 8.24. The Morgan fingerprint density at radius 1 is 0.218 bits per heavy atom. The second kappa shape index (κ2) is 14.0. The molecule has 0 aliphatic heterocycles. The highest BCUT2D eigenvalue weighted by atomic mass is 15.1. The van der Waals surface area contributed by atoms with E-state index >= 15 is 0 Å². The monoisotopic (exact) mass is 699 g/mol. The van der Waals surface area contributed by atoms with Crippen LogP contribution >= 0.6 is 0 Å². The number of anilines is 3. The third-order valence-corrected chi connectivity index (χ3v) is 10.9. The molecule has 10 aromatic rings. The zero-order valence-electron chi connectivity index (χ0n) is 30.3. The van der Waals surface area contributed by atoms with Crippen LogP contribution in [0.1, 0.15) is 0 Å². The number of hydrogen-bond acceptors (Lipinski definition) is 1. The van der Waals surface area contributed by atoms with E-state index in [1.54, 1.807) is 0 Å². The van der Waals surface area contributed by atoms with Crippen molar-refractivity contribution in [3.8, 4) is 44.5 Å². The average molecular weight is 700 g/mol. The van der Waals surface area contributed by atoms with E-state index in [2.05, 4.69) is 229 Å². The molecule has 0 amide bonds. The summed E-state index contributed by atoms with van der Waals surface area (Å²) in [4.78, 5) is 2.35. The first kappa shape index (κ1) is 32.4. The average Bonchev–Trinajstić information content (AvgIpc) is 3.27. The molecule has 55 heavy (non-hydrogen) atoms. The van der Waals surface area contributed by atoms with Crippen molar-refractivity contribution in [3.05, 3.63) is 224 Å². The maximum absolute atomic E-state index is 2.35. The Morgan fingerprint density at radius 3 is 1.36 bits per heavy atom. The lowest BCUT2D eigenvalue weighted by molar-refractivity contribution is 1.28. The first-order chi connectivity index (χ1) is 27.3. The van der Waals surface area contributed by atoms with Crippen LogP contribution < -0.4 is 4.90 Å². The van der Waals surface area contributed by atoms with Crippen molar-refractivity contribution < 1.29 is 0 Å². The molecule has 1 heteroatoms. The van der Waals surface area contributed by atoms with Gasteiger partial charge in [0.15, 0.2) is 0 Å². The molecule has 0 bridgehead atoms. The molecule has 10 aromatic carbocycles. The van der Waals surface area contributed by atoms with Crippen LogP contribution in [0.15, 0.2) is 224 Å². The summed E-state index contributed by atoms with van der Waals surface area (Å²) in [5, 5.41) is 7.61. The molecule has 0 heterocycles. The zero-order chi connectivity index (χ0) is 36.6. The van der Waals surface area contributed by atoms with Crippen molar-refractivity contribution in [1.82, 2.24) is 0 Å². The molecule has 0 spiro atoms. The van der Waals surface area contributed by atoms with Crippen molar-refractivity contribution in [2.24, 2.45) is 0 Å². The highest BCUT2D eigenvalue weighted by Crippen LogP contribution is 2.40. The largest absolute Gasteiger partial charge is 0.311 e. The van der Waals surface area contributed by atoms with Gasteiger partial charge in [0.1, 0.15) is 0 Å². The van der Waals surface area contributed by atoms with Crippen LogP contribution in [0.4, 0.5) is 17.1 Å². The molecule has 0 aliphatic carbocycles. The Bertz CT molecular complexity index is 2940. The molecule has 0 radical (unpaired) electrons. The molecular formula is C54H37N. The maximum Gasteiger partial charge on any atom is 0.0462 e. The van der Waals surface area contributed by atoms with Crippen LogP contribution in [0.2, 0.25) is 0 Å². The van der Waals surface area contributed by atoms with E-state index in [-0.39, 0.29) is 0 Å². The highest BCUT2D eigenvalue weighted by molar-refractivity contribution is 6.13. The van der Waals surface area contributed by atoms with Gasteiger partial charge in [-0.3, -0.25) is 0 Å². The fourth-order valence-corrected chi connectivity index (χ4v) is 8.11. The summed E-state index contributed by atoms with van der Waals surface area (Å²) < 4.78 is 0. The SMILES string of the molecule is c1ccc(-c2ccc(N(c3ccc(-c4cccc(-c5cccc6ccccc56)c4)cc3)c3ccc(-c4cc5ccccc5c5ccccc45)cc3)cc2)cc1. The molecule has 0 atom stereocenters. The van der Waals surface area contributed by atoms with Crippen LogP contribution in [0.3, 0.4) is 0 Å². The molecule has 10 rings (SSSR count). The van der Waals surface area contributed by atoms with Gasteiger partial charge in [-0.25, -0.2) is 0 Å². The summed E-state index contributed by atoms with van der Waals surface area (Å²) in [7, 11) is 0. The lowest BCUT2D eigenvalue weighted by Gasteiger charge is -2.26. The van der Waals surface area contributed by atoms with Gasteiger partial charge in [0.05, 0.1) is 0 Å².